The van der Waals surface area contributed by atoms with Crippen LogP contribution < -0.4 is 16.0 Å². The van der Waals surface area contributed by atoms with Crippen LogP contribution in [0.2, 0.25) is 0 Å². The Morgan fingerprint density at radius 2 is 1.80 bits per heavy atom. The van der Waals surface area contributed by atoms with Crippen molar-refractivity contribution in [1.29, 1.82) is 0 Å². The van der Waals surface area contributed by atoms with Gasteiger partial charge in [0.2, 0.25) is 11.8 Å². The summed E-state index contributed by atoms with van der Waals surface area (Å²) >= 11 is 0. The van der Waals surface area contributed by atoms with Gasteiger partial charge in [-0.05, 0) is 49.9 Å². The molecule has 0 bridgehead atoms. The number of anilines is 1. The molecule has 1 aromatic rings. The van der Waals surface area contributed by atoms with E-state index in [1.54, 1.807) is 0 Å². The average Bonchev–Trinajstić information content (AvgIpc) is 2.61. The van der Waals surface area contributed by atoms with Gasteiger partial charge in [0.25, 0.3) is 0 Å². The number of nitrogens with two attached hydrogens (primary N) is 1. The van der Waals surface area contributed by atoms with Crippen LogP contribution >= 0.6 is 12.4 Å². The van der Waals surface area contributed by atoms with Gasteiger partial charge in [-0.3, -0.25) is 9.59 Å². The van der Waals surface area contributed by atoms with Gasteiger partial charge in [0.05, 0.1) is 0 Å². The Bertz CT molecular complexity index is 534. The zero-order valence-corrected chi connectivity index (χ0v) is 15.7. The van der Waals surface area contributed by atoms with Crippen LogP contribution in [0.5, 0.6) is 0 Å². The SMILES string of the molecule is Cl.NCCCCCCC(=O)NCc1ccc(N2CCCCC2=O)cc1. The minimum Gasteiger partial charge on any atom is -0.352 e. The first-order valence-corrected chi connectivity index (χ1v) is 9.07. The first-order chi connectivity index (χ1) is 11.7. The average molecular weight is 368 g/mol. The lowest BCUT2D eigenvalue weighted by Crippen LogP contribution is -2.35. The number of unbranched alkanes of at least 4 members (excludes halogenated alkanes) is 3. The Kier molecular flexibility index (Phi) is 10.2. The molecule has 1 heterocycles. The monoisotopic (exact) mass is 367 g/mol. The van der Waals surface area contributed by atoms with Gasteiger partial charge in [-0.1, -0.05) is 25.0 Å². The number of halogens is 1. The molecule has 6 heteroatoms. The van der Waals surface area contributed by atoms with Crippen molar-refractivity contribution in [2.75, 3.05) is 18.0 Å². The maximum atomic E-state index is 11.9. The molecule has 1 aliphatic heterocycles. The van der Waals surface area contributed by atoms with E-state index in [2.05, 4.69) is 5.32 Å². The molecule has 2 amide bonds. The molecule has 0 atom stereocenters. The summed E-state index contributed by atoms with van der Waals surface area (Å²) in [4.78, 5) is 25.6. The Morgan fingerprint density at radius 1 is 1.08 bits per heavy atom. The van der Waals surface area contributed by atoms with E-state index < -0.39 is 0 Å². The van der Waals surface area contributed by atoms with Gasteiger partial charge in [0.1, 0.15) is 0 Å². The van der Waals surface area contributed by atoms with E-state index in [1.807, 2.05) is 29.2 Å². The number of carbonyl (C=O) groups is 2. The molecular formula is C19H30ClN3O2. The minimum absolute atomic E-state index is 0. The van der Waals surface area contributed by atoms with Gasteiger partial charge in [0, 0.05) is 31.6 Å². The maximum absolute atomic E-state index is 11.9. The second kappa shape index (κ2) is 11.9. The zero-order valence-electron chi connectivity index (χ0n) is 14.8. The number of nitrogens with one attached hydrogen (secondary N) is 1. The van der Waals surface area contributed by atoms with Crippen molar-refractivity contribution in [3.63, 3.8) is 0 Å². The summed E-state index contributed by atoms with van der Waals surface area (Å²) < 4.78 is 0. The smallest absolute Gasteiger partial charge is 0.226 e. The highest BCUT2D eigenvalue weighted by molar-refractivity contribution is 5.93. The molecule has 1 fully saturated rings. The molecule has 2 rings (SSSR count). The summed E-state index contributed by atoms with van der Waals surface area (Å²) in [5, 5.41) is 2.95. The molecule has 140 valence electrons. The van der Waals surface area contributed by atoms with Crippen LogP contribution in [-0.4, -0.2) is 24.9 Å². The van der Waals surface area contributed by atoms with Crippen molar-refractivity contribution in [2.24, 2.45) is 5.73 Å². The molecule has 1 aromatic carbocycles. The van der Waals surface area contributed by atoms with Gasteiger partial charge in [0.15, 0.2) is 0 Å². The Balaban J connectivity index is 0.00000312. The molecule has 1 saturated heterocycles. The summed E-state index contributed by atoms with van der Waals surface area (Å²) in [7, 11) is 0. The fraction of sp³-hybridized carbons (Fsp3) is 0.579. The van der Waals surface area contributed by atoms with Gasteiger partial charge >= 0.3 is 0 Å². The molecule has 0 radical (unpaired) electrons. The molecule has 0 spiro atoms. The summed E-state index contributed by atoms with van der Waals surface area (Å²) in [6, 6.07) is 7.91. The van der Waals surface area contributed by atoms with E-state index in [0.29, 0.717) is 19.4 Å². The topological polar surface area (TPSA) is 75.4 Å². The molecule has 0 aromatic heterocycles. The number of hydrogen-bond donors (Lipinski definition) is 2. The normalized spacial score (nSPS) is 14.1. The number of nitrogens with zero attached hydrogens (tertiary/aromatic N) is 1. The lowest BCUT2D eigenvalue weighted by atomic mass is 10.1. The second-order valence-electron chi connectivity index (χ2n) is 6.40. The van der Waals surface area contributed by atoms with Crippen molar-refractivity contribution in [3.05, 3.63) is 29.8 Å². The van der Waals surface area contributed by atoms with Crippen LogP contribution in [0.15, 0.2) is 24.3 Å². The summed E-state index contributed by atoms with van der Waals surface area (Å²) in [6.45, 7) is 2.07. The van der Waals surface area contributed by atoms with E-state index in [4.69, 9.17) is 5.73 Å². The summed E-state index contributed by atoms with van der Waals surface area (Å²) in [5.74, 6) is 0.301. The largest absolute Gasteiger partial charge is 0.352 e. The van der Waals surface area contributed by atoms with Crippen molar-refractivity contribution in [1.82, 2.24) is 5.32 Å². The van der Waals surface area contributed by atoms with Gasteiger partial charge < -0.3 is 16.0 Å². The van der Waals surface area contributed by atoms with Crippen molar-refractivity contribution >= 4 is 29.9 Å². The number of piperidine rings is 1. The van der Waals surface area contributed by atoms with Gasteiger partial charge in [-0.2, -0.15) is 0 Å². The molecule has 25 heavy (non-hydrogen) atoms. The minimum atomic E-state index is 0. The van der Waals surface area contributed by atoms with E-state index in [-0.39, 0.29) is 24.2 Å². The number of rotatable bonds is 9. The standard InChI is InChI=1S/C19H29N3O2.ClH/c20-13-5-2-1-3-7-18(23)21-15-16-9-11-17(12-10-16)22-14-6-4-8-19(22)24;/h9-12H,1-8,13-15,20H2,(H,21,23);1H. The maximum Gasteiger partial charge on any atom is 0.226 e. The Hall–Kier alpha value is -1.59. The van der Waals surface area contributed by atoms with Crippen molar-refractivity contribution in [2.45, 2.75) is 57.9 Å². The fourth-order valence-corrected chi connectivity index (χ4v) is 2.95. The summed E-state index contributed by atoms with van der Waals surface area (Å²) in [5.41, 5.74) is 7.46. The molecule has 3 N–H and O–H groups in total. The van der Waals surface area contributed by atoms with E-state index in [0.717, 1.165) is 62.9 Å². The molecule has 0 saturated carbocycles. The van der Waals surface area contributed by atoms with Crippen LogP contribution in [0.25, 0.3) is 0 Å². The highest BCUT2D eigenvalue weighted by Gasteiger charge is 2.19. The van der Waals surface area contributed by atoms with E-state index >= 15 is 0 Å². The highest BCUT2D eigenvalue weighted by Crippen LogP contribution is 2.21. The second-order valence-corrected chi connectivity index (χ2v) is 6.40. The molecule has 5 nitrogen and oxygen atoms in total. The number of hydrogen-bond acceptors (Lipinski definition) is 3. The third-order valence-corrected chi connectivity index (χ3v) is 4.42. The first kappa shape index (κ1) is 21.5. The summed E-state index contributed by atoms with van der Waals surface area (Å²) in [6.07, 6.45) is 7.38. The predicted octanol–water partition coefficient (Wildman–Crippen LogP) is 3.15. The number of amides is 2. The van der Waals surface area contributed by atoms with Crippen molar-refractivity contribution < 1.29 is 9.59 Å². The van der Waals surface area contributed by atoms with Crippen LogP contribution in [0.4, 0.5) is 5.69 Å². The Morgan fingerprint density at radius 3 is 2.48 bits per heavy atom. The fourth-order valence-electron chi connectivity index (χ4n) is 2.95. The number of benzene rings is 1. The highest BCUT2D eigenvalue weighted by atomic mass is 35.5. The molecule has 0 unspecified atom stereocenters. The van der Waals surface area contributed by atoms with Crippen molar-refractivity contribution in [3.8, 4) is 0 Å². The molecule has 1 aliphatic rings. The van der Waals surface area contributed by atoms with E-state index in [9.17, 15) is 9.59 Å². The third kappa shape index (κ3) is 7.45. The molecular weight excluding hydrogens is 338 g/mol. The predicted molar refractivity (Wildman–Crippen MR) is 104 cm³/mol. The van der Waals surface area contributed by atoms with Crippen LogP contribution in [-0.2, 0) is 16.1 Å². The van der Waals surface area contributed by atoms with E-state index in [1.165, 1.54) is 0 Å². The molecule has 0 aliphatic carbocycles. The first-order valence-electron chi connectivity index (χ1n) is 9.07. The quantitative estimate of drug-likeness (QED) is 0.658. The zero-order chi connectivity index (χ0) is 17.2. The Labute approximate surface area is 156 Å². The number of carbonyl (C=O) groups excluding carboxylic acids is 2. The van der Waals surface area contributed by atoms with Crippen LogP contribution in [0.1, 0.15) is 56.9 Å². The van der Waals surface area contributed by atoms with Crippen LogP contribution in [0, 0.1) is 0 Å². The van der Waals surface area contributed by atoms with Crippen LogP contribution in [0.3, 0.4) is 0 Å². The third-order valence-electron chi connectivity index (χ3n) is 4.42. The van der Waals surface area contributed by atoms with Gasteiger partial charge in [-0.25, -0.2) is 0 Å². The van der Waals surface area contributed by atoms with Gasteiger partial charge in [-0.15, -0.1) is 12.4 Å². The lowest BCUT2D eigenvalue weighted by Gasteiger charge is -2.26. The lowest BCUT2D eigenvalue weighted by molar-refractivity contribution is -0.121.